The number of fused-ring (bicyclic) bond motifs is 1. The second-order valence-corrected chi connectivity index (χ2v) is 11.3. The lowest BCUT2D eigenvalue weighted by Gasteiger charge is -2.28. The van der Waals surface area contributed by atoms with E-state index >= 15 is 4.39 Å². The lowest BCUT2D eigenvalue weighted by atomic mass is 9.78. The highest BCUT2D eigenvalue weighted by Crippen LogP contribution is 2.33. The molecular weight excluding hydrogens is 451 g/mol. The lowest BCUT2D eigenvalue weighted by molar-refractivity contribution is 0.252. The summed E-state index contributed by atoms with van der Waals surface area (Å²) in [6, 6.07) is 18.7. The first-order chi connectivity index (χ1) is 18.2. The highest BCUT2D eigenvalue weighted by atomic mass is 19.1. The molecular formula is C36H45F. The number of aryl methyl sites for hydroxylation is 2. The van der Waals surface area contributed by atoms with E-state index in [4.69, 9.17) is 0 Å². The van der Waals surface area contributed by atoms with E-state index in [2.05, 4.69) is 56.0 Å². The monoisotopic (exact) mass is 496 g/mol. The van der Waals surface area contributed by atoms with Crippen molar-refractivity contribution in [1.82, 2.24) is 0 Å². The zero-order valence-electron chi connectivity index (χ0n) is 23.1. The zero-order chi connectivity index (χ0) is 25.9. The Bertz CT molecular complexity index is 1170. The Hall–Kier alpha value is -2.59. The van der Waals surface area contributed by atoms with Gasteiger partial charge in [0.15, 0.2) is 0 Å². The summed E-state index contributed by atoms with van der Waals surface area (Å²) >= 11 is 0. The fourth-order valence-corrected chi connectivity index (χ4v) is 6.01. The highest BCUT2D eigenvalue weighted by molar-refractivity contribution is 5.85. The number of halogens is 1. The first kappa shape index (κ1) is 27.4. The van der Waals surface area contributed by atoms with Crippen molar-refractivity contribution < 1.29 is 4.39 Å². The van der Waals surface area contributed by atoms with Crippen molar-refractivity contribution >= 4 is 10.8 Å². The smallest absolute Gasteiger partial charge is 0.134 e. The molecule has 0 saturated heterocycles. The molecule has 0 heterocycles. The van der Waals surface area contributed by atoms with Crippen molar-refractivity contribution in [3.63, 3.8) is 0 Å². The largest absolute Gasteiger partial charge is 0.206 e. The molecule has 0 spiro atoms. The molecule has 1 fully saturated rings. The first-order valence-electron chi connectivity index (χ1n) is 15.0. The first-order valence-corrected chi connectivity index (χ1v) is 15.0. The molecule has 1 saturated carbocycles. The third kappa shape index (κ3) is 8.20. The molecule has 0 atom stereocenters. The molecule has 1 aliphatic carbocycles. The Morgan fingerprint density at radius 3 is 2.08 bits per heavy atom. The molecule has 3 aromatic carbocycles. The molecule has 0 N–H and O–H groups in total. The van der Waals surface area contributed by atoms with Crippen molar-refractivity contribution in [2.45, 2.75) is 104 Å². The van der Waals surface area contributed by atoms with E-state index in [1.165, 1.54) is 82.6 Å². The SMILES string of the molecule is CCCCCCCc1ccc2cc(C#Cc3ccc(CCC4CCC(CCC)CC4)cc3)ccc2c1F. The second kappa shape index (κ2) is 14.4. The van der Waals surface area contributed by atoms with Crippen LogP contribution in [-0.2, 0) is 12.8 Å². The van der Waals surface area contributed by atoms with Gasteiger partial charge in [0, 0.05) is 16.5 Å². The molecule has 0 amide bonds. The molecule has 37 heavy (non-hydrogen) atoms. The van der Waals surface area contributed by atoms with Crippen LogP contribution in [-0.4, -0.2) is 0 Å². The number of rotatable bonds is 11. The van der Waals surface area contributed by atoms with Crippen LogP contribution in [0.15, 0.2) is 54.6 Å². The molecule has 4 rings (SSSR count). The minimum absolute atomic E-state index is 0.0582. The van der Waals surface area contributed by atoms with Crippen LogP contribution in [0.2, 0.25) is 0 Å². The Labute approximate surface area is 225 Å². The van der Waals surface area contributed by atoms with E-state index in [-0.39, 0.29) is 5.82 Å². The summed E-state index contributed by atoms with van der Waals surface area (Å²) in [5.41, 5.74) is 4.23. The van der Waals surface area contributed by atoms with Gasteiger partial charge < -0.3 is 0 Å². The lowest BCUT2D eigenvalue weighted by Crippen LogP contribution is -2.15. The van der Waals surface area contributed by atoms with Gasteiger partial charge in [-0.3, -0.25) is 0 Å². The number of unbranched alkanes of at least 4 members (excludes halogenated alkanes) is 4. The van der Waals surface area contributed by atoms with Crippen LogP contribution in [0.25, 0.3) is 10.8 Å². The molecule has 0 nitrogen and oxygen atoms in total. The van der Waals surface area contributed by atoms with Crippen LogP contribution in [0.5, 0.6) is 0 Å². The van der Waals surface area contributed by atoms with Crippen LogP contribution in [0.3, 0.4) is 0 Å². The topological polar surface area (TPSA) is 0 Å². The van der Waals surface area contributed by atoms with Crippen LogP contribution in [0, 0.1) is 29.5 Å². The van der Waals surface area contributed by atoms with E-state index in [1.54, 1.807) is 0 Å². The summed E-state index contributed by atoms with van der Waals surface area (Å²) in [6.07, 6.45) is 17.8. The van der Waals surface area contributed by atoms with Gasteiger partial charge in [-0.25, -0.2) is 4.39 Å². The molecule has 196 valence electrons. The van der Waals surface area contributed by atoms with Crippen molar-refractivity contribution in [2.24, 2.45) is 11.8 Å². The molecule has 0 aromatic heterocycles. The molecule has 1 aliphatic rings. The Kier molecular flexibility index (Phi) is 10.7. The summed E-state index contributed by atoms with van der Waals surface area (Å²) in [6.45, 7) is 4.54. The van der Waals surface area contributed by atoms with Gasteiger partial charge in [0.2, 0.25) is 0 Å². The number of benzene rings is 3. The average molecular weight is 497 g/mol. The van der Waals surface area contributed by atoms with Crippen LogP contribution in [0.4, 0.5) is 4.39 Å². The van der Waals surface area contributed by atoms with Crippen LogP contribution >= 0.6 is 0 Å². The minimum Gasteiger partial charge on any atom is -0.206 e. The van der Waals surface area contributed by atoms with Gasteiger partial charge in [0.25, 0.3) is 0 Å². The number of hydrogen-bond donors (Lipinski definition) is 0. The van der Waals surface area contributed by atoms with E-state index in [0.717, 1.165) is 46.8 Å². The van der Waals surface area contributed by atoms with Gasteiger partial charge in [0.1, 0.15) is 5.82 Å². The summed E-state index contributed by atoms with van der Waals surface area (Å²) < 4.78 is 15.1. The molecule has 0 bridgehead atoms. The Balaban J connectivity index is 1.30. The fourth-order valence-electron chi connectivity index (χ4n) is 6.01. The predicted molar refractivity (Wildman–Crippen MR) is 157 cm³/mol. The number of hydrogen-bond acceptors (Lipinski definition) is 0. The summed E-state index contributed by atoms with van der Waals surface area (Å²) in [5, 5.41) is 1.64. The molecule has 3 aromatic rings. The minimum atomic E-state index is -0.0582. The summed E-state index contributed by atoms with van der Waals surface area (Å²) in [5.74, 6) is 8.43. The quantitative estimate of drug-likeness (QED) is 0.183. The van der Waals surface area contributed by atoms with Crippen LogP contribution < -0.4 is 0 Å². The normalized spacial score (nSPS) is 17.5. The second-order valence-electron chi connectivity index (χ2n) is 11.3. The van der Waals surface area contributed by atoms with Gasteiger partial charge in [-0.2, -0.15) is 0 Å². The maximum Gasteiger partial charge on any atom is 0.134 e. The average Bonchev–Trinajstić information content (AvgIpc) is 2.93. The van der Waals surface area contributed by atoms with Crippen molar-refractivity contribution in [2.75, 3.05) is 0 Å². The van der Waals surface area contributed by atoms with Gasteiger partial charge in [-0.15, -0.1) is 0 Å². The van der Waals surface area contributed by atoms with Gasteiger partial charge >= 0.3 is 0 Å². The third-order valence-corrected chi connectivity index (χ3v) is 8.39. The fraction of sp³-hybridized carbons (Fsp3) is 0.500. The van der Waals surface area contributed by atoms with E-state index in [9.17, 15) is 0 Å². The molecule has 0 radical (unpaired) electrons. The van der Waals surface area contributed by atoms with Gasteiger partial charge in [-0.05, 0) is 78.3 Å². The summed E-state index contributed by atoms with van der Waals surface area (Å²) in [4.78, 5) is 0. The summed E-state index contributed by atoms with van der Waals surface area (Å²) in [7, 11) is 0. The van der Waals surface area contributed by atoms with Crippen molar-refractivity contribution in [1.29, 1.82) is 0 Å². The maximum atomic E-state index is 15.1. The van der Waals surface area contributed by atoms with Crippen LogP contribution in [0.1, 0.15) is 113 Å². The van der Waals surface area contributed by atoms with Crippen molar-refractivity contribution in [3.8, 4) is 11.8 Å². The van der Waals surface area contributed by atoms with E-state index < -0.39 is 0 Å². The van der Waals surface area contributed by atoms with Crippen molar-refractivity contribution in [3.05, 3.63) is 82.7 Å². The third-order valence-electron chi connectivity index (χ3n) is 8.39. The van der Waals surface area contributed by atoms with E-state index in [1.807, 2.05) is 24.3 Å². The molecule has 0 aliphatic heterocycles. The maximum absolute atomic E-state index is 15.1. The Morgan fingerprint density at radius 1 is 0.676 bits per heavy atom. The highest BCUT2D eigenvalue weighted by Gasteiger charge is 2.20. The zero-order valence-corrected chi connectivity index (χ0v) is 23.1. The Morgan fingerprint density at radius 2 is 1.35 bits per heavy atom. The van der Waals surface area contributed by atoms with Gasteiger partial charge in [0.05, 0.1) is 0 Å². The van der Waals surface area contributed by atoms with Gasteiger partial charge in [-0.1, -0.05) is 120 Å². The molecule has 0 unspecified atom stereocenters. The predicted octanol–water partition coefficient (Wildman–Crippen LogP) is 10.4. The molecule has 1 heteroatoms. The standard InChI is InChI=1S/C36H45F/c1-3-5-6-7-8-10-33-24-25-34-27-32(23-26-35(34)36(33)37)22-21-31-19-17-30(18-20-31)16-15-29-13-11-28(9-4-2)12-14-29/h17-20,23-29H,3-16H2,1-2H3. The van der Waals surface area contributed by atoms with E-state index in [0.29, 0.717) is 5.39 Å².